The van der Waals surface area contributed by atoms with Crippen molar-refractivity contribution in [1.82, 2.24) is 10.2 Å². The first-order chi connectivity index (χ1) is 7.77. The van der Waals surface area contributed by atoms with Crippen molar-refractivity contribution in [1.29, 1.82) is 0 Å². The summed E-state index contributed by atoms with van der Waals surface area (Å²) < 4.78 is 0. The van der Waals surface area contributed by atoms with E-state index in [0.29, 0.717) is 0 Å². The largest absolute Gasteiger partial charge is 1.00 e. The van der Waals surface area contributed by atoms with Gasteiger partial charge in [0.1, 0.15) is 0 Å². The van der Waals surface area contributed by atoms with Crippen molar-refractivity contribution >= 4 is 10.9 Å². The number of hydrogen-bond acceptors (Lipinski definition) is 2. The number of fused-ring (bicyclic) bond motifs is 1. The summed E-state index contributed by atoms with van der Waals surface area (Å²) in [6.07, 6.45) is 2.81. The second-order valence-electron chi connectivity index (χ2n) is 2.84. The fourth-order valence-corrected chi connectivity index (χ4v) is 1.17. The monoisotopic (exact) mass is 568 g/mol. The van der Waals surface area contributed by atoms with Gasteiger partial charge in [0.15, 0.2) is 0 Å². The Balaban J connectivity index is -0.000000344. The van der Waals surface area contributed by atoms with Gasteiger partial charge in [-0.1, -0.05) is 41.5 Å². The molecule has 0 N–H and O–H groups in total. The molecule has 0 aliphatic heterocycles. The first kappa shape index (κ1) is 22.5. The van der Waals surface area contributed by atoms with Crippen molar-refractivity contribution in [3.63, 3.8) is 0 Å². The number of benzene rings is 1. The van der Waals surface area contributed by atoms with Crippen LogP contribution in [0.15, 0.2) is 12.1 Å². The molecule has 0 unspecified atom stereocenters. The fraction of sp³-hybridized carbons (Fsp3) is 0.429. The van der Waals surface area contributed by atoms with Gasteiger partial charge in [-0.3, -0.25) is 5.10 Å². The molecule has 0 saturated carbocycles. The Bertz CT molecular complexity index is 433. The average molecular weight is 569 g/mol. The number of nitrogens with zero attached hydrogens (tertiary/aromatic N) is 2. The number of aromatic nitrogens is 2. The standard InChI is InChI=1S/C10H8N2.2C2H6.Rb.Rf/c1-7-3-4-9-8(2)6-11-12-10(9)5-7;2*1-2;;/h3-4H,1-2H3;2*1-2H3;;/q-2;;;+1;. The van der Waals surface area contributed by atoms with E-state index in [4.69, 9.17) is 0 Å². The van der Waals surface area contributed by atoms with Crippen LogP contribution in [-0.2, 0) is 0 Å². The Morgan fingerprint density at radius 1 is 1.00 bits per heavy atom. The minimum atomic E-state index is 0. The predicted octanol–water partition coefficient (Wildman–Crippen LogP) is 0.903. The zero-order valence-corrected chi connectivity index (χ0v) is 24.1. The van der Waals surface area contributed by atoms with Crippen LogP contribution in [0.2, 0.25) is 0 Å². The van der Waals surface area contributed by atoms with Crippen LogP contribution in [0.1, 0.15) is 38.8 Å². The van der Waals surface area contributed by atoms with E-state index < -0.39 is 0 Å². The average Bonchev–Trinajstić information content (AvgIpc) is 2.34. The molecule has 0 spiro atoms. The van der Waals surface area contributed by atoms with Crippen LogP contribution in [0, 0.1) is 26.1 Å². The van der Waals surface area contributed by atoms with E-state index >= 15 is 0 Å². The molecule has 4 heteroatoms. The van der Waals surface area contributed by atoms with E-state index in [-0.39, 0.29) is 58.2 Å². The van der Waals surface area contributed by atoms with Gasteiger partial charge in [0.05, 0.1) is 0 Å². The number of rotatable bonds is 0. The van der Waals surface area contributed by atoms with Crippen LogP contribution in [0.3, 0.4) is 0 Å². The third kappa shape index (κ3) is 6.34. The minimum absolute atomic E-state index is 0. The molecule has 0 radical (unpaired) electrons. The van der Waals surface area contributed by atoms with E-state index in [2.05, 4.69) is 22.5 Å². The van der Waals surface area contributed by atoms with Gasteiger partial charge in [0.2, 0.25) is 0 Å². The van der Waals surface area contributed by atoms with Crippen LogP contribution in [0.4, 0.5) is 0 Å². The van der Waals surface area contributed by atoms with Crippen molar-refractivity contribution in [2.24, 2.45) is 0 Å². The first-order valence-corrected chi connectivity index (χ1v) is 5.81. The fourth-order valence-electron chi connectivity index (χ4n) is 1.17. The topological polar surface area (TPSA) is 25.8 Å². The van der Waals surface area contributed by atoms with Gasteiger partial charge < -0.3 is 0 Å². The molecule has 18 heavy (non-hydrogen) atoms. The summed E-state index contributed by atoms with van der Waals surface area (Å²) in [6, 6.07) is 7.19. The van der Waals surface area contributed by atoms with E-state index in [1.807, 2.05) is 53.7 Å². The van der Waals surface area contributed by atoms with Crippen molar-refractivity contribution in [2.45, 2.75) is 41.5 Å². The molecular formula is C14H20N2RbRf-. The summed E-state index contributed by atoms with van der Waals surface area (Å²) in [5.74, 6) is 0. The molecule has 0 bridgehead atoms. The first-order valence-electron chi connectivity index (χ1n) is 5.81. The van der Waals surface area contributed by atoms with Gasteiger partial charge in [0, 0.05) is 0 Å². The summed E-state index contributed by atoms with van der Waals surface area (Å²) in [5.41, 5.74) is 2.94. The third-order valence-corrected chi connectivity index (χ3v) is 1.84. The Morgan fingerprint density at radius 2 is 1.56 bits per heavy atom. The summed E-state index contributed by atoms with van der Waals surface area (Å²) in [4.78, 5) is 0. The molecule has 2 aromatic rings. The van der Waals surface area contributed by atoms with Crippen molar-refractivity contribution in [2.75, 3.05) is 0 Å². The van der Waals surface area contributed by atoms with Crippen LogP contribution >= 0.6 is 0 Å². The van der Waals surface area contributed by atoms with E-state index in [1.165, 1.54) is 0 Å². The van der Waals surface area contributed by atoms with Crippen LogP contribution in [0.5, 0.6) is 0 Å². The number of hydrogen-bond donors (Lipinski definition) is 0. The molecule has 0 atom stereocenters. The van der Waals surface area contributed by atoms with Gasteiger partial charge in [0.25, 0.3) is 0 Å². The maximum Gasteiger partial charge on any atom is 1.00 e. The zero-order chi connectivity index (χ0) is 12.6. The van der Waals surface area contributed by atoms with Gasteiger partial charge in [-0.15, -0.1) is 6.20 Å². The van der Waals surface area contributed by atoms with Crippen molar-refractivity contribution in [3.05, 3.63) is 35.5 Å². The summed E-state index contributed by atoms with van der Waals surface area (Å²) in [7, 11) is 0. The van der Waals surface area contributed by atoms with Gasteiger partial charge in [-0.05, 0) is 5.52 Å². The molecule has 0 aliphatic carbocycles. The maximum absolute atomic E-state index is 3.94. The molecule has 0 saturated heterocycles. The number of aryl methyl sites for hydroxylation is 2. The second-order valence-corrected chi connectivity index (χ2v) is 2.84. The summed E-state index contributed by atoms with van der Waals surface area (Å²) in [5, 5.41) is 8.77. The molecule has 90 valence electrons. The van der Waals surface area contributed by atoms with Crippen LogP contribution < -0.4 is 58.2 Å². The van der Waals surface area contributed by atoms with Gasteiger partial charge >= 0.3 is 58.2 Å². The molecule has 0 amide bonds. The second kappa shape index (κ2) is 12.8. The molecule has 2 rings (SSSR count). The van der Waals surface area contributed by atoms with Gasteiger partial charge in [-0.2, -0.15) is 34.7 Å². The van der Waals surface area contributed by atoms with Gasteiger partial charge in [-0.25, -0.2) is 5.10 Å². The summed E-state index contributed by atoms with van der Waals surface area (Å²) in [6.45, 7) is 12.0. The maximum atomic E-state index is 3.94. The Morgan fingerprint density at radius 3 is 2.11 bits per heavy atom. The Hall–Kier alpha value is -0.635. The molecule has 1 heterocycles. The van der Waals surface area contributed by atoms with Crippen LogP contribution in [0.25, 0.3) is 10.9 Å². The molecule has 1 aromatic heterocycles. The molecule has 2 nitrogen and oxygen atoms in total. The van der Waals surface area contributed by atoms with E-state index in [0.717, 1.165) is 22.0 Å². The minimum Gasteiger partial charge on any atom is -0.268 e. The summed E-state index contributed by atoms with van der Waals surface area (Å²) >= 11 is 0. The zero-order valence-electron chi connectivity index (χ0n) is 12.8. The quantitative estimate of drug-likeness (QED) is 0.442. The van der Waals surface area contributed by atoms with Crippen molar-refractivity contribution < 1.29 is 58.2 Å². The van der Waals surface area contributed by atoms with Crippen molar-refractivity contribution in [3.8, 4) is 0 Å². The molecular weight excluding hydrogens is 549 g/mol. The SMILES string of the molecule is CC.CC.Cc1[c-]c2nn[c-]c(C)c2cc1.[Rb+].[Rf]. The normalized spacial score (nSPS) is 7.67. The smallest absolute Gasteiger partial charge is 0.268 e. The molecule has 0 aliphatic rings. The van der Waals surface area contributed by atoms with Crippen LogP contribution in [-0.4, -0.2) is 10.2 Å². The Labute approximate surface area is 154 Å². The Kier molecular flexibility index (Phi) is 16.0. The predicted molar refractivity (Wildman–Crippen MR) is 69.4 cm³/mol. The molecule has 1 aromatic carbocycles. The third-order valence-electron chi connectivity index (χ3n) is 1.84. The van der Waals surface area contributed by atoms with E-state index in [1.54, 1.807) is 0 Å². The van der Waals surface area contributed by atoms with E-state index in [9.17, 15) is 0 Å². The molecule has 0 fully saturated rings.